The number of aliphatic hydroxyl groups is 1. The predicted molar refractivity (Wildman–Crippen MR) is 137 cm³/mol. The molecule has 1 atom stereocenters. The predicted octanol–water partition coefficient (Wildman–Crippen LogP) is 6.50. The minimum atomic E-state index is -0.833. The molecule has 0 radical (unpaired) electrons. The van der Waals surface area contributed by atoms with E-state index in [0.717, 1.165) is 26.9 Å². The summed E-state index contributed by atoms with van der Waals surface area (Å²) < 4.78 is 0.933. The van der Waals surface area contributed by atoms with Crippen LogP contribution in [-0.2, 0) is 9.59 Å². The summed E-state index contributed by atoms with van der Waals surface area (Å²) in [7, 11) is 0. The van der Waals surface area contributed by atoms with E-state index in [1.807, 2.05) is 45.0 Å². The summed E-state index contributed by atoms with van der Waals surface area (Å²) >= 11 is 7.46. The maximum Gasteiger partial charge on any atom is 0.301 e. The molecule has 0 saturated carbocycles. The fourth-order valence-corrected chi connectivity index (χ4v) is 5.61. The molecule has 2 heterocycles. The number of nitrogens with zero attached hydrogens (tertiary/aromatic N) is 2. The number of aryl methyl sites for hydroxylation is 3. The first-order chi connectivity index (χ1) is 16.2. The van der Waals surface area contributed by atoms with Gasteiger partial charge in [-0.1, -0.05) is 71.0 Å². The van der Waals surface area contributed by atoms with Crippen molar-refractivity contribution in [2.45, 2.75) is 26.8 Å². The van der Waals surface area contributed by atoms with Crippen LogP contribution in [0, 0.1) is 20.8 Å². The van der Waals surface area contributed by atoms with Gasteiger partial charge in [0.25, 0.3) is 5.78 Å². The van der Waals surface area contributed by atoms with Gasteiger partial charge in [0.15, 0.2) is 5.13 Å². The number of amides is 1. The minimum absolute atomic E-state index is 0.0309. The first-order valence-electron chi connectivity index (χ1n) is 10.8. The van der Waals surface area contributed by atoms with E-state index in [4.69, 9.17) is 16.6 Å². The third-order valence-corrected chi connectivity index (χ3v) is 7.23. The smallest absolute Gasteiger partial charge is 0.301 e. The highest BCUT2D eigenvalue weighted by molar-refractivity contribution is 7.22. The summed E-state index contributed by atoms with van der Waals surface area (Å²) in [5, 5.41) is 12.2. The number of thiazole rings is 1. The maximum absolute atomic E-state index is 13.4. The summed E-state index contributed by atoms with van der Waals surface area (Å²) in [6.07, 6.45) is 0. The van der Waals surface area contributed by atoms with E-state index in [0.29, 0.717) is 21.3 Å². The Balaban J connectivity index is 1.74. The zero-order chi connectivity index (χ0) is 24.1. The molecule has 1 amide bonds. The molecule has 5 nitrogen and oxygen atoms in total. The van der Waals surface area contributed by atoms with Crippen LogP contribution >= 0.6 is 22.9 Å². The van der Waals surface area contributed by atoms with Crippen LogP contribution in [0.1, 0.15) is 33.9 Å². The Morgan fingerprint density at radius 3 is 2.32 bits per heavy atom. The number of ketones is 1. The second-order valence-electron chi connectivity index (χ2n) is 8.51. The number of anilines is 1. The van der Waals surface area contributed by atoms with Crippen molar-refractivity contribution in [3.63, 3.8) is 0 Å². The van der Waals surface area contributed by atoms with Gasteiger partial charge in [-0.3, -0.25) is 14.5 Å². The van der Waals surface area contributed by atoms with Crippen molar-refractivity contribution < 1.29 is 14.7 Å². The molecule has 3 aromatic carbocycles. The lowest BCUT2D eigenvalue weighted by Crippen LogP contribution is -2.29. The number of aromatic nitrogens is 1. The monoisotopic (exact) mass is 488 g/mol. The lowest BCUT2D eigenvalue weighted by molar-refractivity contribution is -0.132. The molecule has 4 aromatic rings. The topological polar surface area (TPSA) is 70.5 Å². The highest BCUT2D eigenvalue weighted by Gasteiger charge is 2.48. The van der Waals surface area contributed by atoms with Gasteiger partial charge < -0.3 is 5.11 Å². The Morgan fingerprint density at radius 1 is 0.971 bits per heavy atom. The summed E-state index contributed by atoms with van der Waals surface area (Å²) in [6.45, 7) is 5.92. The van der Waals surface area contributed by atoms with E-state index in [1.165, 1.54) is 16.2 Å². The number of hydrogen-bond donors (Lipinski definition) is 1. The fraction of sp³-hybridized carbons (Fsp3) is 0.148. The number of hydrogen-bond acceptors (Lipinski definition) is 5. The largest absolute Gasteiger partial charge is 0.507 e. The van der Waals surface area contributed by atoms with Crippen LogP contribution in [-0.4, -0.2) is 21.8 Å². The van der Waals surface area contributed by atoms with E-state index in [1.54, 1.807) is 36.4 Å². The average Bonchev–Trinajstić information content (AvgIpc) is 3.33. The van der Waals surface area contributed by atoms with Gasteiger partial charge in [-0.05, 0) is 55.7 Å². The minimum Gasteiger partial charge on any atom is -0.507 e. The zero-order valence-electron chi connectivity index (χ0n) is 18.8. The molecule has 1 aromatic heterocycles. The number of fused-ring (bicyclic) bond motifs is 1. The molecule has 1 saturated heterocycles. The van der Waals surface area contributed by atoms with Crippen molar-refractivity contribution >= 4 is 55.7 Å². The lowest BCUT2D eigenvalue weighted by Gasteiger charge is -2.23. The van der Waals surface area contributed by atoms with Gasteiger partial charge in [-0.25, -0.2) is 4.98 Å². The number of halogens is 1. The highest BCUT2D eigenvalue weighted by atomic mass is 35.5. The summed E-state index contributed by atoms with van der Waals surface area (Å²) in [6, 6.07) is 17.3. The molecule has 0 aliphatic carbocycles. The maximum atomic E-state index is 13.4. The van der Waals surface area contributed by atoms with E-state index in [9.17, 15) is 14.7 Å². The van der Waals surface area contributed by atoms with Gasteiger partial charge in [-0.15, -0.1) is 0 Å². The van der Waals surface area contributed by atoms with E-state index in [2.05, 4.69) is 0 Å². The van der Waals surface area contributed by atoms with Crippen molar-refractivity contribution in [3.05, 3.63) is 99.1 Å². The molecule has 1 N–H and O–H groups in total. The number of carbonyl (C=O) groups excluding carboxylic acids is 2. The Morgan fingerprint density at radius 2 is 1.65 bits per heavy atom. The number of aliphatic hydroxyl groups excluding tert-OH is 1. The second kappa shape index (κ2) is 8.38. The number of carbonyl (C=O) groups is 2. The zero-order valence-corrected chi connectivity index (χ0v) is 20.4. The van der Waals surface area contributed by atoms with Gasteiger partial charge in [0, 0.05) is 10.6 Å². The Hall–Kier alpha value is -3.48. The molecule has 170 valence electrons. The third kappa shape index (κ3) is 3.69. The average molecular weight is 489 g/mol. The highest BCUT2D eigenvalue weighted by Crippen LogP contribution is 2.44. The van der Waals surface area contributed by atoms with E-state index in [-0.39, 0.29) is 11.3 Å². The summed E-state index contributed by atoms with van der Waals surface area (Å²) in [4.78, 5) is 32.8. The number of rotatable bonds is 3. The van der Waals surface area contributed by atoms with Crippen LogP contribution in [0.25, 0.3) is 16.0 Å². The van der Waals surface area contributed by atoms with Gasteiger partial charge in [0.1, 0.15) is 5.76 Å². The molecule has 0 unspecified atom stereocenters. The van der Waals surface area contributed by atoms with Crippen LogP contribution in [0.5, 0.6) is 0 Å². The summed E-state index contributed by atoms with van der Waals surface area (Å²) in [5.74, 6) is -1.68. The van der Waals surface area contributed by atoms with Crippen molar-refractivity contribution in [3.8, 4) is 0 Å². The van der Waals surface area contributed by atoms with Crippen LogP contribution in [0.4, 0.5) is 5.13 Å². The van der Waals surface area contributed by atoms with Gasteiger partial charge in [0.05, 0.1) is 21.8 Å². The molecule has 0 bridgehead atoms. The summed E-state index contributed by atoms with van der Waals surface area (Å²) in [5.41, 5.74) is 5.06. The molecule has 1 aliphatic rings. The molecule has 1 aliphatic heterocycles. The Kier molecular flexibility index (Phi) is 5.50. The first kappa shape index (κ1) is 22.3. The first-order valence-corrected chi connectivity index (χ1v) is 12.0. The van der Waals surface area contributed by atoms with Crippen LogP contribution in [0.15, 0.2) is 66.2 Å². The molecule has 7 heteroatoms. The van der Waals surface area contributed by atoms with Gasteiger partial charge in [-0.2, -0.15) is 0 Å². The van der Waals surface area contributed by atoms with Crippen LogP contribution in [0.3, 0.4) is 0 Å². The van der Waals surface area contributed by atoms with E-state index >= 15 is 0 Å². The van der Waals surface area contributed by atoms with Crippen molar-refractivity contribution in [1.82, 2.24) is 4.98 Å². The molecule has 1 fully saturated rings. The van der Waals surface area contributed by atoms with Gasteiger partial charge >= 0.3 is 5.91 Å². The Labute approximate surface area is 205 Å². The normalized spacial score (nSPS) is 17.6. The molecular weight excluding hydrogens is 468 g/mol. The SMILES string of the molecule is Cc1ccc(C(O)=C2C(=O)C(=O)N(c3nc4c(C)cc(C)cc4s3)[C@H]2c2ccc(Cl)cc2)cc1. The van der Waals surface area contributed by atoms with Crippen molar-refractivity contribution in [2.24, 2.45) is 0 Å². The number of benzene rings is 3. The third-order valence-electron chi connectivity index (χ3n) is 5.98. The molecular formula is C27H21ClN2O3S. The molecule has 0 spiro atoms. The molecule has 34 heavy (non-hydrogen) atoms. The van der Waals surface area contributed by atoms with Gasteiger partial charge in [0.2, 0.25) is 0 Å². The van der Waals surface area contributed by atoms with Crippen molar-refractivity contribution in [2.75, 3.05) is 4.90 Å². The lowest BCUT2D eigenvalue weighted by atomic mass is 9.95. The van der Waals surface area contributed by atoms with Crippen molar-refractivity contribution in [1.29, 1.82) is 0 Å². The van der Waals surface area contributed by atoms with E-state index < -0.39 is 17.7 Å². The fourth-order valence-electron chi connectivity index (χ4n) is 4.32. The number of Topliss-reactive ketones (excluding diaryl/α,β-unsaturated/α-hetero) is 1. The Bertz CT molecular complexity index is 1490. The molecule has 5 rings (SSSR count). The van der Waals surface area contributed by atoms with Crippen LogP contribution in [0.2, 0.25) is 5.02 Å². The van der Waals surface area contributed by atoms with Crippen LogP contribution < -0.4 is 4.90 Å². The quantitative estimate of drug-likeness (QED) is 0.203. The second-order valence-corrected chi connectivity index (χ2v) is 9.96. The standard InChI is InChI=1S/C27H21ClN2O3S/c1-14-4-6-18(7-5-14)24(31)21-23(17-8-10-19(28)11-9-17)30(26(33)25(21)32)27-29-22-16(3)12-15(2)13-20(22)34-27/h4-13,23,31H,1-3H3/t23-/m0/s1.